The van der Waals surface area contributed by atoms with Crippen LogP contribution in [0.1, 0.15) is 23.2 Å². The fourth-order valence-electron chi connectivity index (χ4n) is 2.81. The summed E-state index contributed by atoms with van der Waals surface area (Å²) in [5.41, 5.74) is 0.590. The van der Waals surface area contributed by atoms with E-state index >= 15 is 0 Å². The minimum atomic E-state index is -0.150. The van der Waals surface area contributed by atoms with Crippen LogP contribution in [0.3, 0.4) is 0 Å². The number of hydrogen-bond acceptors (Lipinski definition) is 6. The topological polar surface area (TPSA) is 87.2 Å². The third kappa shape index (κ3) is 5.68. The molecule has 1 aromatic heterocycles. The molecule has 1 aliphatic rings. The summed E-state index contributed by atoms with van der Waals surface area (Å²) in [4.78, 5) is 35.6. The number of carbonyl (C=O) groups is 2. The van der Waals surface area contributed by atoms with Gasteiger partial charge in [-0.15, -0.1) is 11.8 Å². The number of amides is 2. The molecule has 1 saturated heterocycles. The third-order valence-corrected chi connectivity index (χ3v) is 5.26. The lowest BCUT2D eigenvalue weighted by Gasteiger charge is -2.15. The summed E-state index contributed by atoms with van der Waals surface area (Å²) < 4.78 is 0. The van der Waals surface area contributed by atoms with Crippen molar-refractivity contribution in [1.82, 2.24) is 20.2 Å². The number of nitrogens with one attached hydrogen (secondary N) is 2. The van der Waals surface area contributed by atoms with Crippen LogP contribution in [-0.4, -0.2) is 58.6 Å². The van der Waals surface area contributed by atoms with Gasteiger partial charge in [-0.3, -0.25) is 9.59 Å². The van der Waals surface area contributed by atoms with Crippen LogP contribution in [0, 0.1) is 0 Å². The molecule has 1 fully saturated rings. The molecule has 2 heterocycles. The van der Waals surface area contributed by atoms with E-state index in [4.69, 9.17) is 0 Å². The second kappa shape index (κ2) is 9.91. The summed E-state index contributed by atoms with van der Waals surface area (Å²) in [6.07, 6.45) is 5.48. The first kappa shape index (κ1) is 19.2. The second-order valence-corrected chi connectivity index (χ2v) is 7.14. The molecular weight excluding hydrogens is 362 g/mol. The second-order valence-electron chi connectivity index (χ2n) is 6.13. The van der Waals surface area contributed by atoms with Crippen LogP contribution in [0.2, 0.25) is 0 Å². The maximum Gasteiger partial charge on any atom is 0.252 e. The highest BCUT2D eigenvalue weighted by Gasteiger charge is 2.19. The fourth-order valence-corrected chi connectivity index (χ4v) is 3.77. The molecule has 0 unspecified atom stereocenters. The maximum atomic E-state index is 12.5. The van der Waals surface area contributed by atoms with E-state index in [0.29, 0.717) is 30.4 Å². The van der Waals surface area contributed by atoms with Crippen molar-refractivity contribution in [1.29, 1.82) is 0 Å². The van der Waals surface area contributed by atoms with E-state index in [0.717, 1.165) is 30.8 Å². The van der Waals surface area contributed by atoms with Crippen LogP contribution in [0.25, 0.3) is 0 Å². The SMILES string of the molecule is O=C(NCCNc1ncccn1)c1ccccc1SCC(=O)N1CCCC1. The summed E-state index contributed by atoms with van der Waals surface area (Å²) in [5.74, 6) is 0.877. The van der Waals surface area contributed by atoms with Crippen LogP contribution in [0.5, 0.6) is 0 Å². The molecule has 2 aromatic rings. The molecule has 1 aromatic carbocycles. The largest absolute Gasteiger partial charge is 0.352 e. The Balaban J connectivity index is 1.48. The molecule has 27 heavy (non-hydrogen) atoms. The van der Waals surface area contributed by atoms with Gasteiger partial charge in [0.1, 0.15) is 0 Å². The highest BCUT2D eigenvalue weighted by molar-refractivity contribution is 8.00. The van der Waals surface area contributed by atoms with Gasteiger partial charge in [0.15, 0.2) is 0 Å². The zero-order valence-electron chi connectivity index (χ0n) is 15.1. The first-order valence-corrected chi connectivity index (χ1v) is 10.0. The minimum Gasteiger partial charge on any atom is -0.352 e. The molecular formula is C19H23N5O2S. The van der Waals surface area contributed by atoms with E-state index in [9.17, 15) is 9.59 Å². The standard InChI is InChI=1S/C19H23N5O2S/c25-17(24-12-3-4-13-24)14-27-16-7-2-1-6-15(16)18(26)20-10-11-23-19-21-8-5-9-22-19/h1-2,5-9H,3-4,10-14H2,(H,20,26)(H,21,22,23). The first-order chi connectivity index (χ1) is 13.2. The summed E-state index contributed by atoms with van der Waals surface area (Å²) >= 11 is 1.42. The van der Waals surface area contributed by atoms with Crippen LogP contribution < -0.4 is 10.6 Å². The Hall–Kier alpha value is -2.61. The van der Waals surface area contributed by atoms with Crippen molar-refractivity contribution >= 4 is 29.5 Å². The lowest BCUT2D eigenvalue weighted by atomic mass is 10.2. The van der Waals surface area contributed by atoms with Crippen LogP contribution in [0.15, 0.2) is 47.6 Å². The number of benzene rings is 1. The number of rotatable bonds is 8. The Kier molecular flexibility index (Phi) is 7.04. The predicted octanol–water partition coefficient (Wildman–Crippen LogP) is 2.03. The molecule has 8 heteroatoms. The van der Waals surface area contributed by atoms with E-state index in [1.54, 1.807) is 24.5 Å². The zero-order chi connectivity index (χ0) is 18.9. The molecule has 0 atom stereocenters. The van der Waals surface area contributed by atoms with Crippen molar-refractivity contribution < 1.29 is 9.59 Å². The van der Waals surface area contributed by atoms with Crippen molar-refractivity contribution in [3.8, 4) is 0 Å². The Labute approximate surface area is 163 Å². The third-order valence-electron chi connectivity index (χ3n) is 4.20. The lowest BCUT2D eigenvalue weighted by Crippen LogP contribution is -2.30. The first-order valence-electron chi connectivity index (χ1n) is 9.03. The van der Waals surface area contributed by atoms with E-state index in [1.165, 1.54) is 11.8 Å². The predicted molar refractivity (Wildman–Crippen MR) is 106 cm³/mol. The molecule has 7 nitrogen and oxygen atoms in total. The van der Waals surface area contributed by atoms with Crippen molar-refractivity contribution in [2.24, 2.45) is 0 Å². The average Bonchev–Trinajstić information content (AvgIpc) is 3.25. The van der Waals surface area contributed by atoms with Crippen molar-refractivity contribution in [3.05, 3.63) is 48.3 Å². The van der Waals surface area contributed by atoms with Crippen molar-refractivity contribution in [2.75, 3.05) is 37.2 Å². The van der Waals surface area contributed by atoms with Gasteiger partial charge in [-0.25, -0.2) is 9.97 Å². The Bertz CT molecular complexity index is 766. The van der Waals surface area contributed by atoms with Gasteiger partial charge in [-0.1, -0.05) is 12.1 Å². The van der Waals surface area contributed by atoms with Crippen LogP contribution in [-0.2, 0) is 4.79 Å². The lowest BCUT2D eigenvalue weighted by molar-refractivity contribution is -0.127. The number of thioether (sulfide) groups is 1. The molecule has 142 valence electrons. The molecule has 0 bridgehead atoms. The summed E-state index contributed by atoms with van der Waals surface area (Å²) in [5, 5.41) is 5.93. The number of anilines is 1. The minimum absolute atomic E-state index is 0.139. The summed E-state index contributed by atoms with van der Waals surface area (Å²) in [7, 11) is 0. The number of nitrogens with zero attached hydrogens (tertiary/aromatic N) is 3. The smallest absolute Gasteiger partial charge is 0.252 e. The van der Waals surface area contributed by atoms with Gasteiger partial charge in [0.05, 0.1) is 11.3 Å². The van der Waals surface area contributed by atoms with E-state index < -0.39 is 0 Å². The van der Waals surface area contributed by atoms with Gasteiger partial charge < -0.3 is 15.5 Å². The number of likely N-dealkylation sites (tertiary alicyclic amines) is 1. The normalized spacial score (nSPS) is 13.4. The van der Waals surface area contributed by atoms with Crippen molar-refractivity contribution in [3.63, 3.8) is 0 Å². The van der Waals surface area contributed by atoms with Crippen LogP contribution in [0.4, 0.5) is 5.95 Å². The van der Waals surface area contributed by atoms with Gasteiger partial charge >= 0.3 is 0 Å². The Morgan fingerprint density at radius 2 is 1.78 bits per heavy atom. The molecule has 1 aliphatic heterocycles. The molecule has 3 rings (SSSR count). The highest BCUT2D eigenvalue weighted by Crippen LogP contribution is 2.23. The molecule has 2 N–H and O–H groups in total. The van der Waals surface area contributed by atoms with Gasteiger partial charge in [0.25, 0.3) is 5.91 Å². The molecule has 0 saturated carbocycles. The quantitative estimate of drug-likeness (QED) is 0.534. The monoisotopic (exact) mass is 385 g/mol. The Morgan fingerprint density at radius 1 is 1.04 bits per heavy atom. The maximum absolute atomic E-state index is 12.5. The number of carbonyl (C=O) groups excluding carboxylic acids is 2. The molecule has 0 spiro atoms. The van der Waals surface area contributed by atoms with Crippen LogP contribution >= 0.6 is 11.8 Å². The van der Waals surface area contributed by atoms with Gasteiger partial charge in [0.2, 0.25) is 11.9 Å². The van der Waals surface area contributed by atoms with E-state index in [-0.39, 0.29) is 11.8 Å². The average molecular weight is 385 g/mol. The number of hydrogen-bond donors (Lipinski definition) is 2. The zero-order valence-corrected chi connectivity index (χ0v) is 15.9. The van der Waals surface area contributed by atoms with E-state index in [2.05, 4.69) is 20.6 Å². The summed E-state index contributed by atoms with van der Waals surface area (Å²) in [6.45, 7) is 2.67. The van der Waals surface area contributed by atoms with Gasteiger partial charge in [-0.05, 0) is 31.0 Å². The molecule has 0 radical (unpaired) electrons. The van der Waals surface area contributed by atoms with E-state index in [1.807, 2.05) is 23.1 Å². The molecule has 0 aliphatic carbocycles. The van der Waals surface area contributed by atoms with Crippen molar-refractivity contribution in [2.45, 2.75) is 17.7 Å². The highest BCUT2D eigenvalue weighted by atomic mass is 32.2. The van der Waals surface area contributed by atoms with Gasteiger partial charge in [0, 0.05) is 43.5 Å². The molecule has 2 amide bonds. The Morgan fingerprint density at radius 3 is 2.56 bits per heavy atom. The fraction of sp³-hybridized carbons (Fsp3) is 0.368. The number of aromatic nitrogens is 2. The summed E-state index contributed by atoms with van der Waals surface area (Å²) in [6, 6.07) is 9.12. The van der Waals surface area contributed by atoms with Gasteiger partial charge in [-0.2, -0.15) is 0 Å².